The lowest BCUT2D eigenvalue weighted by Gasteiger charge is -2.08. The van der Waals surface area contributed by atoms with Crippen LogP contribution in [0.4, 0.5) is 0 Å². The fraction of sp³-hybridized carbons (Fsp3) is 0.143. The predicted octanol–water partition coefficient (Wildman–Crippen LogP) is 0.803. The summed E-state index contributed by atoms with van der Waals surface area (Å²) in [6.07, 6.45) is 3.67. The number of nitrogens with zero attached hydrogens (tertiary/aromatic N) is 2. The SMILES string of the molecule is C=C/C(=C\N=C)N(C)C=O. The van der Waals surface area contributed by atoms with Crippen LogP contribution in [0.25, 0.3) is 0 Å². The van der Waals surface area contributed by atoms with Gasteiger partial charge in [-0.05, 0) is 12.8 Å². The summed E-state index contributed by atoms with van der Waals surface area (Å²) >= 11 is 0. The van der Waals surface area contributed by atoms with E-state index in [9.17, 15) is 4.79 Å². The summed E-state index contributed by atoms with van der Waals surface area (Å²) in [5, 5.41) is 0. The lowest BCUT2D eigenvalue weighted by molar-refractivity contribution is -0.115. The minimum absolute atomic E-state index is 0.630. The van der Waals surface area contributed by atoms with Crippen molar-refractivity contribution in [1.29, 1.82) is 0 Å². The second kappa shape index (κ2) is 4.49. The Morgan fingerprint density at radius 1 is 1.70 bits per heavy atom. The fourth-order valence-electron chi connectivity index (χ4n) is 0.442. The first kappa shape index (κ1) is 8.62. The Kier molecular flexibility index (Phi) is 3.87. The third kappa shape index (κ3) is 2.26. The topological polar surface area (TPSA) is 32.7 Å². The third-order valence-electron chi connectivity index (χ3n) is 0.998. The molecule has 0 aliphatic carbocycles. The molecule has 54 valence electrons. The Morgan fingerprint density at radius 2 is 2.30 bits per heavy atom. The molecular formula is C7H10N2O. The molecule has 0 N–H and O–H groups in total. The van der Waals surface area contributed by atoms with Gasteiger partial charge in [-0.2, -0.15) is 0 Å². The zero-order valence-corrected chi connectivity index (χ0v) is 5.95. The van der Waals surface area contributed by atoms with Crippen LogP contribution in [0.2, 0.25) is 0 Å². The highest BCUT2D eigenvalue weighted by Crippen LogP contribution is 1.98. The molecule has 3 heteroatoms. The van der Waals surface area contributed by atoms with Gasteiger partial charge in [0.05, 0.1) is 5.70 Å². The molecule has 0 aromatic heterocycles. The van der Waals surface area contributed by atoms with Gasteiger partial charge in [0.2, 0.25) is 6.41 Å². The molecule has 0 bridgehead atoms. The fourth-order valence-corrected chi connectivity index (χ4v) is 0.442. The first-order chi connectivity index (χ1) is 4.76. The van der Waals surface area contributed by atoms with E-state index in [1.54, 1.807) is 7.05 Å². The number of carbonyl (C=O) groups excluding carboxylic acids is 1. The van der Waals surface area contributed by atoms with Crippen molar-refractivity contribution in [3.05, 3.63) is 24.6 Å². The summed E-state index contributed by atoms with van der Waals surface area (Å²) in [7, 11) is 1.62. The molecule has 0 aromatic carbocycles. The molecule has 0 aliphatic rings. The van der Waals surface area contributed by atoms with Crippen molar-refractivity contribution in [3.63, 3.8) is 0 Å². The molecule has 0 saturated heterocycles. The highest BCUT2D eigenvalue weighted by molar-refractivity contribution is 5.52. The van der Waals surface area contributed by atoms with Crippen LogP contribution in [0.15, 0.2) is 29.5 Å². The van der Waals surface area contributed by atoms with Crippen LogP contribution in [0.5, 0.6) is 0 Å². The van der Waals surface area contributed by atoms with Crippen molar-refractivity contribution >= 4 is 13.1 Å². The van der Waals surface area contributed by atoms with Crippen molar-refractivity contribution in [2.75, 3.05) is 7.05 Å². The molecule has 0 fully saturated rings. The number of likely N-dealkylation sites (N-methyl/N-ethyl adjacent to an activating group) is 1. The van der Waals surface area contributed by atoms with E-state index in [4.69, 9.17) is 0 Å². The Hall–Kier alpha value is -1.38. The number of aliphatic imine (C=N–C) groups is 1. The predicted molar refractivity (Wildman–Crippen MR) is 41.7 cm³/mol. The van der Waals surface area contributed by atoms with Gasteiger partial charge >= 0.3 is 0 Å². The Balaban J connectivity index is 4.32. The van der Waals surface area contributed by atoms with Gasteiger partial charge in [-0.1, -0.05) is 6.58 Å². The normalized spacial score (nSPS) is 10.3. The van der Waals surface area contributed by atoms with E-state index >= 15 is 0 Å². The molecule has 0 aliphatic heterocycles. The van der Waals surface area contributed by atoms with Crippen LogP contribution in [-0.2, 0) is 4.79 Å². The zero-order chi connectivity index (χ0) is 7.98. The smallest absolute Gasteiger partial charge is 0.213 e. The summed E-state index contributed by atoms with van der Waals surface area (Å²) in [5.41, 5.74) is 0.630. The van der Waals surface area contributed by atoms with Gasteiger partial charge in [-0.25, -0.2) is 0 Å². The maximum atomic E-state index is 10.2. The molecule has 1 amide bonds. The maximum Gasteiger partial charge on any atom is 0.213 e. The van der Waals surface area contributed by atoms with Crippen LogP contribution in [0, 0.1) is 0 Å². The average Bonchev–Trinajstić information content (AvgIpc) is 1.99. The summed E-state index contributed by atoms with van der Waals surface area (Å²) in [4.78, 5) is 15.0. The second-order valence-corrected chi connectivity index (χ2v) is 1.66. The molecule has 0 rings (SSSR count). The van der Waals surface area contributed by atoms with Gasteiger partial charge < -0.3 is 4.90 Å². The molecule has 0 heterocycles. The van der Waals surface area contributed by atoms with E-state index in [0.29, 0.717) is 12.1 Å². The van der Waals surface area contributed by atoms with Crippen LogP contribution < -0.4 is 0 Å². The van der Waals surface area contributed by atoms with E-state index in [-0.39, 0.29) is 0 Å². The van der Waals surface area contributed by atoms with E-state index in [1.165, 1.54) is 17.2 Å². The van der Waals surface area contributed by atoms with Gasteiger partial charge in [-0.15, -0.1) is 0 Å². The van der Waals surface area contributed by atoms with Crippen LogP contribution in [-0.4, -0.2) is 25.1 Å². The number of hydrogen-bond donors (Lipinski definition) is 0. The number of amides is 1. The molecule has 0 unspecified atom stereocenters. The van der Waals surface area contributed by atoms with Crippen LogP contribution in [0.1, 0.15) is 0 Å². The van der Waals surface area contributed by atoms with E-state index in [0.717, 1.165) is 0 Å². The maximum absolute atomic E-state index is 10.2. The molecule has 0 radical (unpaired) electrons. The minimum Gasteiger partial charge on any atom is -0.317 e. The average molecular weight is 138 g/mol. The first-order valence-corrected chi connectivity index (χ1v) is 2.72. The van der Waals surface area contributed by atoms with Crippen molar-refractivity contribution in [2.24, 2.45) is 4.99 Å². The first-order valence-electron chi connectivity index (χ1n) is 2.72. The standard InChI is InChI=1S/C7H10N2O/c1-4-7(5-8-2)9(3)6-10/h4-6H,1-2H2,3H3/b7-5+. The molecule has 0 spiro atoms. The Morgan fingerprint density at radius 3 is 2.60 bits per heavy atom. The number of allylic oxidation sites excluding steroid dienone is 1. The summed E-state index contributed by atoms with van der Waals surface area (Å²) in [6.45, 7) is 6.74. The van der Waals surface area contributed by atoms with Gasteiger partial charge in [-0.3, -0.25) is 9.79 Å². The molecule has 10 heavy (non-hydrogen) atoms. The molecule has 0 saturated carbocycles. The quantitative estimate of drug-likeness (QED) is 0.321. The third-order valence-corrected chi connectivity index (χ3v) is 0.998. The minimum atomic E-state index is 0.630. The van der Waals surface area contributed by atoms with Crippen molar-refractivity contribution in [2.45, 2.75) is 0 Å². The molecule has 0 atom stereocenters. The summed E-state index contributed by atoms with van der Waals surface area (Å²) < 4.78 is 0. The largest absolute Gasteiger partial charge is 0.317 e. The van der Waals surface area contributed by atoms with Gasteiger partial charge in [0.1, 0.15) is 0 Å². The van der Waals surface area contributed by atoms with E-state index < -0.39 is 0 Å². The number of carbonyl (C=O) groups is 1. The van der Waals surface area contributed by atoms with Crippen molar-refractivity contribution in [3.8, 4) is 0 Å². The summed E-state index contributed by atoms with van der Waals surface area (Å²) in [5.74, 6) is 0. The Labute approximate surface area is 60.4 Å². The molecule has 3 nitrogen and oxygen atoms in total. The van der Waals surface area contributed by atoms with E-state index in [2.05, 4.69) is 18.3 Å². The van der Waals surface area contributed by atoms with Crippen molar-refractivity contribution < 1.29 is 4.79 Å². The number of hydrogen-bond acceptors (Lipinski definition) is 2. The second-order valence-electron chi connectivity index (χ2n) is 1.66. The lowest BCUT2D eigenvalue weighted by Crippen LogP contribution is -2.12. The van der Waals surface area contributed by atoms with Crippen molar-refractivity contribution in [1.82, 2.24) is 4.90 Å². The van der Waals surface area contributed by atoms with Gasteiger partial charge in [0.15, 0.2) is 0 Å². The molecular weight excluding hydrogens is 128 g/mol. The van der Waals surface area contributed by atoms with E-state index in [1.807, 2.05) is 0 Å². The Bertz CT molecular complexity index is 172. The summed E-state index contributed by atoms with van der Waals surface area (Å²) in [6, 6.07) is 0. The molecule has 0 aromatic rings. The van der Waals surface area contributed by atoms with Gasteiger partial charge in [0.25, 0.3) is 0 Å². The monoisotopic (exact) mass is 138 g/mol. The highest BCUT2D eigenvalue weighted by Gasteiger charge is 1.94. The van der Waals surface area contributed by atoms with Crippen LogP contribution >= 0.6 is 0 Å². The zero-order valence-electron chi connectivity index (χ0n) is 5.95. The van der Waals surface area contributed by atoms with Crippen LogP contribution in [0.3, 0.4) is 0 Å². The lowest BCUT2D eigenvalue weighted by atomic mass is 10.4. The highest BCUT2D eigenvalue weighted by atomic mass is 16.1. The van der Waals surface area contributed by atoms with Gasteiger partial charge in [0, 0.05) is 13.2 Å². The number of rotatable bonds is 4.